The van der Waals surface area contributed by atoms with Gasteiger partial charge in [-0.3, -0.25) is 24.0 Å². The Balaban J connectivity index is 2.72. The van der Waals surface area contributed by atoms with Crippen molar-refractivity contribution in [3.63, 3.8) is 0 Å². The summed E-state index contributed by atoms with van der Waals surface area (Å²) in [5.41, 5.74) is 6.20. The number of hydrogen-bond acceptors (Lipinski definition) is 5. The van der Waals surface area contributed by atoms with E-state index in [1.54, 1.807) is 0 Å². The second kappa shape index (κ2) is 12.9. The lowest BCUT2D eigenvalue weighted by molar-refractivity contribution is -0.139. The number of nitrogens with two attached hydrogens (primary N) is 1. The highest BCUT2D eigenvalue weighted by atomic mass is 127. The summed E-state index contributed by atoms with van der Waals surface area (Å²) in [6, 6.07) is 6.52. The van der Waals surface area contributed by atoms with Gasteiger partial charge in [0.05, 0.1) is 6.04 Å². The van der Waals surface area contributed by atoms with Crippen molar-refractivity contribution < 1.29 is 34.2 Å². The third kappa shape index (κ3) is 10.3. The fourth-order valence-corrected chi connectivity index (χ4v) is 3.14. The smallest absolute Gasteiger partial charge is 0.303 e. The van der Waals surface area contributed by atoms with Gasteiger partial charge in [0.25, 0.3) is 0 Å². The highest BCUT2D eigenvalue weighted by molar-refractivity contribution is 14.1. The first-order valence-electron chi connectivity index (χ1n) is 9.38. The average Bonchev–Trinajstić information content (AvgIpc) is 2.67. The number of benzene rings is 1. The number of aryl methyl sites for hydroxylation is 1. The zero-order chi connectivity index (χ0) is 22.7. The Kier molecular flexibility index (Phi) is 11.0. The van der Waals surface area contributed by atoms with E-state index in [1.165, 1.54) is 0 Å². The van der Waals surface area contributed by atoms with Crippen LogP contribution in [0.1, 0.15) is 44.1 Å². The van der Waals surface area contributed by atoms with Crippen molar-refractivity contribution >= 4 is 52.1 Å². The van der Waals surface area contributed by atoms with E-state index in [4.69, 9.17) is 15.9 Å². The molecule has 0 unspecified atom stereocenters. The number of rotatable bonds is 14. The first kappa shape index (κ1) is 25.5. The zero-order valence-electron chi connectivity index (χ0n) is 16.3. The van der Waals surface area contributed by atoms with Gasteiger partial charge in [-0.25, -0.2) is 0 Å². The molecule has 2 atom stereocenters. The molecule has 0 aliphatic carbocycles. The number of ketones is 1. The lowest BCUT2D eigenvalue weighted by Crippen LogP contribution is -2.43. The van der Waals surface area contributed by atoms with Crippen molar-refractivity contribution in [3.05, 3.63) is 33.4 Å². The first-order chi connectivity index (χ1) is 14.1. The average molecular weight is 532 g/mol. The Morgan fingerprint density at radius 2 is 1.50 bits per heavy atom. The minimum atomic E-state index is -1.13. The number of carbonyl (C=O) groups is 5. The number of aliphatic carboxylic acids is 2. The molecule has 0 aliphatic rings. The van der Waals surface area contributed by atoms with Gasteiger partial charge < -0.3 is 21.3 Å². The van der Waals surface area contributed by atoms with Gasteiger partial charge in [0.2, 0.25) is 11.8 Å². The molecule has 0 heterocycles. The molecule has 1 rings (SSSR count). The molecular weight excluding hydrogens is 507 g/mol. The maximum absolute atomic E-state index is 12.6. The molecule has 0 saturated carbocycles. The first-order valence-corrected chi connectivity index (χ1v) is 10.5. The Morgan fingerprint density at radius 3 is 2.03 bits per heavy atom. The number of nitrogens with one attached hydrogen (secondary N) is 1. The van der Waals surface area contributed by atoms with Crippen LogP contribution >= 0.6 is 22.6 Å². The van der Waals surface area contributed by atoms with Crippen LogP contribution in [0.5, 0.6) is 0 Å². The number of carbonyl (C=O) groups excluding carboxylic acids is 3. The molecule has 1 aromatic carbocycles. The number of hydrogen-bond donors (Lipinski definition) is 4. The van der Waals surface area contributed by atoms with E-state index >= 15 is 0 Å². The van der Waals surface area contributed by atoms with Crippen molar-refractivity contribution in [1.82, 2.24) is 5.32 Å². The summed E-state index contributed by atoms with van der Waals surface area (Å²) in [6.07, 6.45) is -0.713. The lowest BCUT2D eigenvalue weighted by atomic mass is 9.92. The molecule has 5 N–H and O–H groups in total. The summed E-state index contributed by atoms with van der Waals surface area (Å²) < 4.78 is 1.06. The third-order valence-corrected chi connectivity index (χ3v) is 5.20. The number of halogens is 1. The largest absolute Gasteiger partial charge is 0.481 e. The zero-order valence-corrected chi connectivity index (χ0v) is 18.5. The maximum atomic E-state index is 12.6. The second-order valence-electron chi connectivity index (χ2n) is 6.88. The number of amides is 2. The van der Waals surface area contributed by atoms with Gasteiger partial charge >= 0.3 is 11.9 Å². The normalized spacial score (nSPS) is 12.6. The van der Waals surface area contributed by atoms with E-state index in [0.29, 0.717) is 6.42 Å². The minimum Gasteiger partial charge on any atom is -0.481 e. The molecule has 0 saturated heterocycles. The Bertz CT molecular complexity index is 780. The van der Waals surface area contributed by atoms with Crippen LogP contribution in [0.2, 0.25) is 0 Å². The SMILES string of the molecule is NC(=O)[C@H](CCC(=O)O)CC(=O)[C@H](CCC(=O)O)NC(=O)CCc1ccc(I)cc1. The predicted octanol–water partition coefficient (Wildman–Crippen LogP) is 1.50. The van der Waals surface area contributed by atoms with Crippen molar-refractivity contribution in [2.45, 2.75) is 51.0 Å². The van der Waals surface area contributed by atoms with Crippen LogP contribution in [-0.2, 0) is 30.4 Å². The molecule has 10 heteroatoms. The van der Waals surface area contributed by atoms with Crippen molar-refractivity contribution in [1.29, 1.82) is 0 Å². The molecule has 9 nitrogen and oxygen atoms in total. The highest BCUT2D eigenvalue weighted by Gasteiger charge is 2.27. The molecule has 164 valence electrons. The molecule has 0 radical (unpaired) electrons. The van der Waals surface area contributed by atoms with E-state index in [9.17, 15) is 24.0 Å². The molecular formula is C20H25IN2O7. The molecule has 2 amide bonds. The van der Waals surface area contributed by atoms with E-state index in [2.05, 4.69) is 27.9 Å². The molecule has 1 aromatic rings. The maximum Gasteiger partial charge on any atom is 0.303 e. The molecule has 0 spiro atoms. The molecule has 0 aromatic heterocycles. The van der Waals surface area contributed by atoms with Crippen LogP contribution in [0.3, 0.4) is 0 Å². The lowest BCUT2D eigenvalue weighted by Gasteiger charge is -2.19. The van der Waals surface area contributed by atoms with Crippen molar-refractivity contribution in [2.24, 2.45) is 11.7 Å². The van der Waals surface area contributed by atoms with E-state index in [-0.39, 0.29) is 38.5 Å². The Morgan fingerprint density at radius 1 is 0.933 bits per heavy atom. The molecule has 0 aliphatic heterocycles. The Labute approximate surface area is 187 Å². The third-order valence-electron chi connectivity index (χ3n) is 4.48. The monoisotopic (exact) mass is 532 g/mol. The molecule has 0 bridgehead atoms. The van der Waals surface area contributed by atoms with Gasteiger partial charge in [-0.05, 0) is 59.5 Å². The van der Waals surface area contributed by atoms with Gasteiger partial charge in [0, 0.05) is 35.2 Å². The van der Waals surface area contributed by atoms with Crippen LogP contribution in [0, 0.1) is 9.49 Å². The minimum absolute atomic E-state index is 0.107. The van der Waals surface area contributed by atoms with Gasteiger partial charge in [-0.1, -0.05) is 12.1 Å². The fourth-order valence-electron chi connectivity index (χ4n) is 2.78. The van der Waals surface area contributed by atoms with Crippen LogP contribution in [0.25, 0.3) is 0 Å². The van der Waals surface area contributed by atoms with Crippen molar-refractivity contribution in [2.75, 3.05) is 0 Å². The van der Waals surface area contributed by atoms with Crippen LogP contribution < -0.4 is 11.1 Å². The predicted molar refractivity (Wildman–Crippen MR) is 115 cm³/mol. The van der Waals surface area contributed by atoms with Gasteiger partial charge in [0.1, 0.15) is 0 Å². The topological polar surface area (TPSA) is 164 Å². The summed E-state index contributed by atoms with van der Waals surface area (Å²) in [6.45, 7) is 0. The van der Waals surface area contributed by atoms with Crippen LogP contribution in [-0.4, -0.2) is 45.8 Å². The summed E-state index contributed by atoms with van der Waals surface area (Å²) >= 11 is 2.17. The standard InChI is InChI=1S/C20H25IN2O7/c21-14-5-1-12(2-6-14)3-8-17(25)23-15(7-10-19(28)29)16(24)11-13(20(22)30)4-9-18(26)27/h1-2,5-6,13,15H,3-4,7-11H2,(H2,22,30)(H,23,25)(H,26,27)(H,28,29)/t13-,15+/m1/s1. The quantitative estimate of drug-likeness (QED) is 0.264. The number of carboxylic acids is 2. The summed E-state index contributed by atoms with van der Waals surface area (Å²) in [7, 11) is 0. The van der Waals surface area contributed by atoms with Gasteiger partial charge in [-0.15, -0.1) is 0 Å². The van der Waals surface area contributed by atoms with E-state index in [1.807, 2.05) is 24.3 Å². The van der Waals surface area contributed by atoms with Gasteiger partial charge in [-0.2, -0.15) is 0 Å². The van der Waals surface area contributed by atoms with Crippen molar-refractivity contribution in [3.8, 4) is 0 Å². The second-order valence-corrected chi connectivity index (χ2v) is 8.13. The van der Waals surface area contributed by atoms with E-state index in [0.717, 1.165) is 9.13 Å². The summed E-state index contributed by atoms with van der Waals surface area (Å²) in [5, 5.41) is 20.2. The summed E-state index contributed by atoms with van der Waals surface area (Å²) in [5.74, 6) is -5.03. The number of Topliss-reactive ketones (excluding diaryl/α,β-unsaturated/α-hetero) is 1. The Hall–Kier alpha value is -2.50. The van der Waals surface area contributed by atoms with E-state index < -0.39 is 41.5 Å². The molecule has 0 fully saturated rings. The summed E-state index contributed by atoms with van der Waals surface area (Å²) in [4.78, 5) is 58.0. The fraction of sp³-hybridized carbons (Fsp3) is 0.450. The number of carboxylic acid groups (broad SMARTS) is 2. The van der Waals surface area contributed by atoms with Crippen LogP contribution in [0.15, 0.2) is 24.3 Å². The van der Waals surface area contributed by atoms with Crippen LogP contribution in [0.4, 0.5) is 0 Å². The number of primary amides is 1. The van der Waals surface area contributed by atoms with Gasteiger partial charge in [0.15, 0.2) is 5.78 Å². The molecule has 30 heavy (non-hydrogen) atoms. The highest BCUT2D eigenvalue weighted by Crippen LogP contribution is 2.15.